The molecule has 0 bridgehead atoms. The highest BCUT2D eigenvalue weighted by atomic mass is 16.5. The number of rotatable bonds is 8. The molecule has 112 valence electrons. The molecule has 5 nitrogen and oxygen atoms in total. The van der Waals surface area contributed by atoms with Crippen molar-refractivity contribution >= 4 is 11.6 Å². The summed E-state index contributed by atoms with van der Waals surface area (Å²) in [5.41, 5.74) is 6.26. The van der Waals surface area contributed by atoms with Gasteiger partial charge in [0.2, 0.25) is 0 Å². The molecule has 0 atom stereocenters. The molecule has 3 N–H and O–H groups in total. The molecule has 0 aliphatic heterocycles. The zero-order valence-electron chi connectivity index (χ0n) is 12.6. The zero-order valence-corrected chi connectivity index (χ0v) is 12.6. The maximum Gasteiger partial charge on any atom is 0.257 e. The fourth-order valence-electron chi connectivity index (χ4n) is 1.62. The van der Waals surface area contributed by atoms with Gasteiger partial charge in [0.1, 0.15) is 5.75 Å². The number of ether oxygens (including phenoxy) is 1. The Kier molecular flexibility index (Phi) is 6.87. The fourth-order valence-corrected chi connectivity index (χ4v) is 1.62. The number of hydrogen-bond acceptors (Lipinski definition) is 4. The van der Waals surface area contributed by atoms with Crippen LogP contribution in [0.15, 0.2) is 24.3 Å². The van der Waals surface area contributed by atoms with Gasteiger partial charge in [-0.15, -0.1) is 0 Å². The molecule has 0 unspecified atom stereocenters. The van der Waals surface area contributed by atoms with Gasteiger partial charge in [0.25, 0.3) is 5.91 Å². The summed E-state index contributed by atoms with van der Waals surface area (Å²) < 4.78 is 5.36. The molecule has 0 aromatic heterocycles. The van der Waals surface area contributed by atoms with E-state index in [1.807, 2.05) is 0 Å². The number of carbonyl (C=O) groups excluding carboxylic acids is 1. The third-order valence-corrected chi connectivity index (χ3v) is 3.12. The summed E-state index contributed by atoms with van der Waals surface area (Å²) in [7, 11) is 2.08. The summed E-state index contributed by atoms with van der Waals surface area (Å²) in [6.07, 6.45) is 0.929. The maximum absolute atomic E-state index is 11.6. The minimum absolute atomic E-state index is 0.0173. The van der Waals surface area contributed by atoms with Crippen molar-refractivity contribution in [2.45, 2.75) is 26.3 Å². The monoisotopic (exact) mass is 279 g/mol. The first-order chi connectivity index (χ1) is 9.49. The van der Waals surface area contributed by atoms with Crippen molar-refractivity contribution in [2.24, 2.45) is 0 Å². The van der Waals surface area contributed by atoms with Crippen LogP contribution in [0.5, 0.6) is 5.75 Å². The van der Waals surface area contributed by atoms with E-state index in [-0.39, 0.29) is 12.5 Å². The standard InChI is InChI=1S/C15H25N3O2/c1-12(2)18(3)9-5-8-17-15(19)11-20-14-7-4-6-13(16)10-14/h4,6-7,10,12H,5,8-9,11,16H2,1-3H3,(H,17,19). The summed E-state index contributed by atoms with van der Waals surface area (Å²) in [6.45, 7) is 5.95. The smallest absolute Gasteiger partial charge is 0.257 e. The van der Waals surface area contributed by atoms with Crippen LogP contribution in [0.25, 0.3) is 0 Å². The fraction of sp³-hybridized carbons (Fsp3) is 0.533. The molecule has 0 fully saturated rings. The zero-order chi connectivity index (χ0) is 15.0. The predicted molar refractivity (Wildman–Crippen MR) is 81.7 cm³/mol. The number of nitrogen functional groups attached to an aromatic ring is 1. The third kappa shape index (κ3) is 6.43. The van der Waals surface area contributed by atoms with E-state index < -0.39 is 0 Å². The van der Waals surface area contributed by atoms with E-state index in [2.05, 4.69) is 31.1 Å². The highest BCUT2D eigenvalue weighted by Gasteiger charge is 2.04. The molecule has 0 aliphatic rings. The second kappa shape index (κ2) is 8.43. The average molecular weight is 279 g/mol. The van der Waals surface area contributed by atoms with Crippen LogP contribution in [0, 0.1) is 0 Å². The van der Waals surface area contributed by atoms with E-state index >= 15 is 0 Å². The van der Waals surface area contributed by atoms with E-state index in [9.17, 15) is 4.79 Å². The van der Waals surface area contributed by atoms with E-state index in [4.69, 9.17) is 10.5 Å². The van der Waals surface area contributed by atoms with E-state index in [0.717, 1.165) is 13.0 Å². The first-order valence-electron chi connectivity index (χ1n) is 6.94. The number of nitrogens with zero attached hydrogens (tertiary/aromatic N) is 1. The quantitative estimate of drug-likeness (QED) is 0.559. The summed E-state index contributed by atoms with van der Waals surface area (Å²) >= 11 is 0. The van der Waals surface area contributed by atoms with Crippen LogP contribution < -0.4 is 15.8 Å². The molecule has 0 saturated carbocycles. The second-order valence-corrected chi connectivity index (χ2v) is 5.14. The van der Waals surface area contributed by atoms with Gasteiger partial charge in [-0.3, -0.25) is 4.79 Å². The first-order valence-corrected chi connectivity index (χ1v) is 6.94. The lowest BCUT2D eigenvalue weighted by atomic mass is 10.3. The van der Waals surface area contributed by atoms with Gasteiger partial charge < -0.3 is 20.7 Å². The normalized spacial score (nSPS) is 10.8. The lowest BCUT2D eigenvalue weighted by Gasteiger charge is -2.20. The molecule has 1 aromatic rings. The van der Waals surface area contributed by atoms with E-state index in [0.29, 0.717) is 24.0 Å². The van der Waals surface area contributed by atoms with Crippen LogP contribution >= 0.6 is 0 Å². The van der Waals surface area contributed by atoms with Crippen LogP contribution in [0.1, 0.15) is 20.3 Å². The SMILES string of the molecule is CC(C)N(C)CCCNC(=O)COc1cccc(N)c1. The number of carbonyl (C=O) groups is 1. The highest BCUT2D eigenvalue weighted by Crippen LogP contribution is 2.13. The number of amides is 1. The van der Waals surface area contributed by atoms with Crippen molar-refractivity contribution in [1.29, 1.82) is 0 Å². The highest BCUT2D eigenvalue weighted by molar-refractivity contribution is 5.77. The molecule has 1 rings (SSSR count). The van der Waals surface area contributed by atoms with Crippen LogP contribution in [0.3, 0.4) is 0 Å². The second-order valence-electron chi connectivity index (χ2n) is 5.14. The topological polar surface area (TPSA) is 67.6 Å². The first kappa shape index (κ1) is 16.3. The van der Waals surface area contributed by atoms with Gasteiger partial charge in [0, 0.05) is 24.3 Å². The summed E-state index contributed by atoms with van der Waals surface area (Å²) in [5.74, 6) is 0.499. The molecule has 0 aliphatic carbocycles. The minimum Gasteiger partial charge on any atom is -0.484 e. The average Bonchev–Trinajstić information content (AvgIpc) is 2.41. The van der Waals surface area contributed by atoms with E-state index in [1.54, 1.807) is 24.3 Å². The van der Waals surface area contributed by atoms with Crippen molar-refractivity contribution in [3.05, 3.63) is 24.3 Å². The lowest BCUT2D eigenvalue weighted by Crippen LogP contribution is -2.33. The molecule has 1 aromatic carbocycles. The van der Waals surface area contributed by atoms with E-state index in [1.165, 1.54) is 0 Å². The molecule has 1 amide bonds. The molecule has 0 spiro atoms. The van der Waals surface area contributed by atoms with Gasteiger partial charge in [-0.2, -0.15) is 0 Å². The Morgan fingerprint density at radius 2 is 2.20 bits per heavy atom. The van der Waals surface area contributed by atoms with Gasteiger partial charge in [-0.25, -0.2) is 0 Å². The van der Waals surface area contributed by atoms with Gasteiger partial charge in [-0.05, 0) is 46.0 Å². The number of hydrogen-bond donors (Lipinski definition) is 2. The van der Waals surface area contributed by atoms with Crippen molar-refractivity contribution in [1.82, 2.24) is 10.2 Å². The molecule has 0 heterocycles. The molecule has 20 heavy (non-hydrogen) atoms. The number of anilines is 1. The van der Waals surface area contributed by atoms with Crippen LogP contribution in [-0.4, -0.2) is 43.6 Å². The Hall–Kier alpha value is -1.75. The van der Waals surface area contributed by atoms with Gasteiger partial charge >= 0.3 is 0 Å². The van der Waals surface area contributed by atoms with Crippen molar-refractivity contribution in [3.8, 4) is 5.75 Å². The lowest BCUT2D eigenvalue weighted by molar-refractivity contribution is -0.123. The Labute approximate surface area is 121 Å². The molecular weight excluding hydrogens is 254 g/mol. The number of benzene rings is 1. The van der Waals surface area contributed by atoms with Crippen LogP contribution in [-0.2, 0) is 4.79 Å². The Balaban J connectivity index is 2.15. The molecule has 5 heteroatoms. The summed E-state index contributed by atoms with van der Waals surface area (Å²) in [4.78, 5) is 13.8. The minimum atomic E-state index is -0.111. The number of nitrogens with two attached hydrogens (primary N) is 1. The Bertz CT molecular complexity index is 421. The van der Waals surface area contributed by atoms with Crippen molar-refractivity contribution in [2.75, 3.05) is 32.5 Å². The number of nitrogens with one attached hydrogen (secondary N) is 1. The van der Waals surface area contributed by atoms with Crippen molar-refractivity contribution < 1.29 is 9.53 Å². The van der Waals surface area contributed by atoms with Crippen molar-refractivity contribution in [3.63, 3.8) is 0 Å². The van der Waals surface area contributed by atoms with Crippen LogP contribution in [0.4, 0.5) is 5.69 Å². The van der Waals surface area contributed by atoms with Crippen LogP contribution in [0.2, 0.25) is 0 Å². The van der Waals surface area contributed by atoms with Gasteiger partial charge in [-0.1, -0.05) is 6.07 Å². The molecule has 0 saturated heterocycles. The molecule has 0 radical (unpaired) electrons. The third-order valence-electron chi connectivity index (χ3n) is 3.12. The summed E-state index contributed by atoms with van der Waals surface area (Å²) in [6, 6.07) is 7.58. The van der Waals surface area contributed by atoms with Gasteiger partial charge in [0.15, 0.2) is 6.61 Å². The Morgan fingerprint density at radius 1 is 1.45 bits per heavy atom. The van der Waals surface area contributed by atoms with Gasteiger partial charge in [0.05, 0.1) is 0 Å². The molecular formula is C15H25N3O2. The largest absolute Gasteiger partial charge is 0.484 e. The predicted octanol–water partition coefficient (Wildman–Crippen LogP) is 1.49. The maximum atomic E-state index is 11.6. The summed E-state index contributed by atoms with van der Waals surface area (Å²) in [5, 5.41) is 2.84. The Morgan fingerprint density at radius 3 is 2.85 bits per heavy atom.